The summed E-state index contributed by atoms with van der Waals surface area (Å²) in [7, 11) is 0. The van der Waals surface area contributed by atoms with Crippen LogP contribution in [0.3, 0.4) is 0 Å². The van der Waals surface area contributed by atoms with Crippen LogP contribution in [0.1, 0.15) is 97.8 Å². The van der Waals surface area contributed by atoms with Gasteiger partial charge < -0.3 is 14.7 Å². The highest BCUT2D eigenvalue weighted by Gasteiger charge is 2.58. The Morgan fingerprint density at radius 2 is 1.11 bits per heavy atom. The van der Waals surface area contributed by atoms with Crippen molar-refractivity contribution in [3.8, 4) is 11.1 Å². The highest BCUT2D eigenvalue weighted by atomic mass is 32.1. The molecule has 11 aromatic rings. The van der Waals surface area contributed by atoms with Crippen LogP contribution >= 0.6 is 22.7 Å². The third kappa shape index (κ3) is 6.41. The molecular formula is C70H62BN3S2. The standard InChI is InChI=1S/C70H62BN3S2/c1-67(2,3)44-31-34-54(50(39-44)43-21-10-9-11-22-43)73-59-42-46(74-55-27-15-14-26-51(55)69(7)37-18-19-38-70(69,74)8)41-58-64(59)71(52-33-36-62-63(65(52)73)49-24-13-17-30-61(49)75-62)53-40-45(68(4,5)6)32-35-56(53)72(58)57-28-20-25-48-47-23-12-16-29-60(47)76-66(48)57/h9-17,20-36,39-42H,18-19,37-38H2,1-8H3. The average molecular weight is 1020 g/mol. The maximum atomic E-state index is 2.82. The molecule has 9 aromatic carbocycles. The van der Waals surface area contributed by atoms with Crippen LogP contribution in [0.15, 0.2) is 182 Å². The number of nitrogens with zero attached hydrogens (tertiary/aromatic N) is 3. The molecule has 3 nitrogen and oxygen atoms in total. The van der Waals surface area contributed by atoms with E-state index in [1.54, 1.807) is 0 Å². The Bertz CT molecular complexity index is 4230. The van der Waals surface area contributed by atoms with Crippen molar-refractivity contribution in [1.29, 1.82) is 0 Å². The van der Waals surface area contributed by atoms with E-state index < -0.39 is 0 Å². The molecule has 3 aliphatic heterocycles. The van der Waals surface area contributed by atoms with Crippen molar-refractivity contribution in [2.24, 2.45) is 0 Å². The van der Waals surface area contributed by atoms with E-state index in [1.807, 2.05) is 22.7 Å². The SMILES string of the molecule is CC(C)(C)c1ccc2c(c1)B1c3ccc4sc5ccccc5c4c3N(c3ccc(C(C)(C)C)cc3-c3ccccc3)c3cc(N4c5ccccc5C5(C)CCCCC45C)cc(c31)N2c1cccc2c1sc1ccccc12. The molecule has 0 radical (unpaired) electrons. The third-order valence-electron chi connectivity index (χ3n) is 18.5. The van der Waals surface area contributed by atoms with Gasteiger partial charge in [-0.25, -0.2) is 0 Å². The number of para-hydroxylation sites is 1. The summed E-state index contributed by atoms with van der Waals surface area (Å²) in [5.74, 6) is 0. The molecule has 4 aliphatic rings. The summed E-state index contributed by atoms with van der Waals surface area (Å²) in [6.45, 7) is 19.3. The second kappa shape index (κ2) is 16.2. The van der Waals surface area contributed by atoms with Crippen molar-refractivity contribution in [3.63, 3.8) is 0 Å². The van der Waals surface area contributed by atoms with Crippen LogP contribution in [0.25, 0.3) is 51.5 Å². The summed E-state index contributed by atoms with van der Waals surface area (Å²) in [5, 5.41) is 5.27. The van der Waals surface area contributed by atoms with Crippen LogP contribution in [0, 0.1) is 0 Å². The van der Waals surface area contributed by atoms with Gasteiger partial charge in [0, 0.05) is 75.1 Å². The van der Waals surface area contributed by atoms with Crippen molar-refractivity contribution in [3.05, 3.63) is 199 Å². The molecule has 0 amide bonds. The van der Waals surface area contributed by atoms with Gasteiger partial charge in [0.05, 0.1) is 27.3 Å². The first-order valence-corrected chi connectivity index (χ1v) is 29.2. The Balaban J connectivity index is 1.14. The molecule has 0 spiro atoms. The lowest BCUT2D eigenvalue weighted by Crippen LogP contribution is -2.61. The van der Waals surface area contributed by atoms with Gasteiger partial charge in [-0.2, -0.15) is 0 Å². The van der Waals surface area contributed by atoms with E-state index in [4.69, 9.17) is 0 Å². The first-order chi connectivity index (χ1) is 36.7. The number of anilines is 8. The number of hydrogen-bond donors (Lipinski definition) is 0. The van der Waals surface area contributed by atoms with Gasteiger partial charge in [-0.05, 0) is 130 Å². The smallest absolute Gasteiger partial charge is 0.252 e. The van der Waals surface area contributed by atoms with E-state index >= 15 is 0 Å². The van der Waals surface area contributed by atoms with Gasteiger partial charge in [0.2, 0.25) is 0 Å². The fourth-order valence-corrected chi connectivity index (χ4v) is 16.8. The van der Waals surface area contributed by atoms with Crippen molar-refractivity contribution in [1.82, 2.24) is 0 Å². The molecule has 1 fully saturated rings. The first-order valence-electron chi connectivity index (χ1n) is 27.6. The monoisotopic (exact) mass is 1020 g/mol. The predicted octanol–water partition coefficient (Wildman–Crippen LogP) is 18.5. The topological polar surface area (TPSA) is 9.72 Å². The quantitative estimate of drug-likeness (QED) is 0.163. The van der Waals surface area contributed by atoms with Gasteiger partial charge >= 0.3 is 0 Å². The molecule has 6 heteroatoms. The van der Waals surface area contributed by atoms with Crippen LogP contribution in [0.5, 0.6) is 0 Å². The van der Waals surface area contributed by atoms with Gasteiger partial charge in [0.25, 0.3) is 6.71 Å². The minimum atomic E-state index is -0.155. The zero-order valence-electron chi connectivity index (χ0n) is 44.9. The number of benzene rings is 9. The van der Waals surface area contributed by atoms with E-state index in [2.05, 4.69) is 252 Å². The molecule has 0 saturated heterocycles. The van der Waals surface area contributed by atoms with Crippen LogP contribution < -0.4 is 31.1 Å². The van der Waals surface area contributed by atoms with Crippen molar-refractivity contribution in [2.45, 2.75) is 103 Å². The third-order valence-corrected chi connectivity index (χ3v) is 20.8. The number of thiophene rings is 2. The van der Waals surface area contributed by atoms with Gasteiger partial charge in [-0.15, -0.1) is 22.7 Å². The number of hydrogen-bond acceptors (Lipinski definition) is 5. The largest absolute Gasteiger partial charge is 0.334 e. The second-order valence-corrected chi connectivity index (χ2v) is 26.9. The molecule has 76 heavy (non-hydrogen) atoms. The lowest BCUT2D eigenvalue weighted by atomic mass is 9.33. The van der Waals surface area contributed by atoms with E-state index in [-0.39, 0.29) is 28.5 Å². The van der Waals surface area contributed by atoms with Crippen LogP contribution in [0.2, 0.25) is 0 Å². The molecule has 2 unspecified atom stereocenters. The predicted molar refractivity (Wildman–Crippen MR) is 332 cm³/mol. The fourth-order valence-electron chi connectivity index (χ4n) is 14.4. The Morgan fingerprint density at radius 3 is 1.88 bits per heavy atom. The minimum Gasteiger partial charge on any atom is -0.334 e. The molecule has 1 aliphatic carbocycles. The molecule has 0 N–H and O–H groups in total. The van der Waals surface area contributed by atoms with Crippen molar-refractivity contribution < 1.29 is 0 Å². The summed E-state index contributed by atoms with van der Waals surface area (Å²) in [6, 6.07) is 70.9. The van der Waals surface area contributed by atoms with E-state index in [1.165, 1.54) is 149 Å². The minimum absolute atomic E-state index is 0.0207. The maximum Gasteiger partial charge on any atom is 0.252 e. The first kappa shape index (κ1) is 46.2. The summed E-state index contributed by atoms with van der Waals surface area (Å²) in [6.07, 6.45) is 4.75. The Labute approximate surface area is 456 Å². The Morgan fingerprint density at radius 1 is 0.474 bits per heavy atom. The van der Waals surface area contributed by atoms with Gasteiger partial charge in [0.15, 0.2) is 0 Å². The van der Waals surface area contributed by atoms with E-state index in [0.29, 0.717) is 0 Å². The molecule has 2 atom stereocenters. The lowest BCUT2D eigenvalue weighted by molar-refractivity contribution is 0.195. The fraction of sp³-hybridized carbons (Fsp3) is 0.229. The molecule has 1 saturated carbocycles. The van der Waals surface area contributed by atoms with Gasteiger partial charge in [-0.3, -0.25) is 0 Å². The molecule has 2 aromatic heterocycles. The van der Waals surface area contributed by atoms with E-state index in [9.17, 15) is 0 Å². The molecule has 15 rings (SSSR count). The molecular weight excluding hydrogens is 958 g/mol. The van der Waals surface area contributed by atoms with Crippen LogP contribution in [-0.2, 0) is 16.2 Å². The maximum absolute atomic E-state index is 2.82. The number of fused-ring (bicyclic) bond motifs is 14. The van der Waals surface area contributed by atoms with Crippen LogP contribution in [0.4, 0.5) is 45.5 Å². The molecule has 5 heterocycles. The van der Waals surface area contributed by atoms with Crippen molar-refractivity contribution >= 4 is 132 Å². The average Bonchev–Trinajstić information content (AvgIpc) is 4.23. The van der Waals surface area contributed by atoms with Crippen LogP contribution in [-0.4, -0.2) is 12.3 Å². The normalized spacial score (nSPS) is 18.8. The van der Waals surface area contributed by atoms with E-state index in [0.717, 1.165) is 6.42 Å². The van der Waals surface area contributed by atoms with Crippen molar-refractivity contribution in [2.75, 3.05) is 14.7 Å². The zero-order chi connectivity index (χ0) is 51.6. The number of rotatable bonds is 4. The Kier molecular flexibility index (Phi) is 9.85. The zero-order valence-corrected chi connectivity index (χ0v) is 46.5. The highest BCUT2D eigenvalue weighted by Crippen LogP contribution is 2.62. The Hall–Kier alpha value is -7.12. The highest BCUT2D eigenvalue weighted by molar-refractivity contribution is 7.26. The summed E-state index contributed by atoms with van der Waals surface area (Å²) >= 11 is 3.85. The summed E-state index contributed by atoms with van der Waals surface area (Å²) in [5.41, 5.74) is 20.4. The van der Waals surface area contributed by atoms with Gasteiger partial charge in [0.1, 0.15) is 0 Å². The summed E-state index contributed by atoms with van der Waals surface area (Å²) < 4.78 is 5.26. The molecule has 0 bridgehead atoms. The van der Waals surface area contributed by atoms with Gasteiger partial charge in [-0.1, -0.05) is 183 Å². The second-order valence-electron chi connectivity index (χ2n) is 24.8. The molecule has 372 valence electrons. The lowest BCUT2D eigenvalue weighted by Gasteiger charge is -2.51. The summed E-state index contributed by atoms with van der Waals surface area (Å²) in [4.78, 5) is 8.27.